The van der Waals surface area contributed by atoms with Gasteiger partial charge in [0.2, 0.25) is 0 Å². The Morgan fingerprint density at radius 2 is 1.46 bits per heavy atom. The molecule has 6 heteroatoms. The van der Waals surface area contributed by atoms with Gasteiger partial charge in [0.05, 0.1) is 13.2 Å². The summed E-state index contributed by atoms with van der Waals surface area (Å²) in [5, 5.41) is 0. The minimum absolute atomic E-state index is 0.412. The molecule has 0 radical (unpaired) electrons. The number of rotatable bonds is 8. The molecule has 0 saturated carbocycles. The molecule has 5 nitrogen and oxygen atoms in total. The monoisotopic (exact) mass is 210 g/mol. The van der Waals surface area contributed by atoms with Crippen LogP contribution in [0.5, 0.6) is 0 Å². The van der Waals surface area contributed by atoms with E-state index in [4.69, 9.17) is 22.4 Å². The van der Waals surface area contributed by atoms with E-state index < -0.39 is 9.05 Å². The van der Waals surface area contributed by atoms with E-state index >= 15 is 0 Å². The summed E-state index contributed by atoms with van der Waals surface area (Å²) < 4.78 is 25.5. The first-order valence-electron chi connectivity index (χ1n) is 4.11. The van der Waals surface area contributed by atoms with Gasteiger partial charge < -0.3 is 22.4 Å². The van der Waals surface area contributed by atoms with Crippen LogP contribution in [0.3, 0.4) is 0 Å². The van der Waals surface area contributed by atoms with Crippen LogP contribution in [0, 0.1) is 0 Å². The fourth-order valence-corrected chi connectivity index (χ4v) is 1.98. The molecule has 0 saturated heterocycles. The second-order valence-electron chi connectivity index (χ2n) is 2.16. The van der Waals surface area contributed by atoms with Gasteiger partial charge in [0.25, 0.3) is 0 Å². The second-order valence-corrected chi connectivity index (χ2v) is 4.67. The van der Waals surface area contributed by atoms with E-state index in [1.165, 1.54) is 21.3 Å². The third-order valence-corrected chi connectivity index (χ3v) is 3.52. The van der Waals surface area contributed by atoms with Crippen LogP contribution in [0.25, 0.3) is 0 Å². The van der Waals surface area contributed by atoms with Gasteiger partial charge in [-0.2, -0.15) is 0 Å². The topological polar surface area (TPSA) is 46.2 Å². The molecule has 0 heterocycles. The minimum Gasteiger partial charge on any atom is -0.379 e. The molecule has 0 atom stereocenters. The van der Waals surface area contributed by atoms with Crippen molar-refractivity contribution in [3.8, 4) is 0 Å². The molecule has 0 spiro atoms. The highest BCUT2D eigenvalue weighted by atomic mass is 28.4. The summed E-state index contributed by atoms with van der Waals surface area (Å²) in [6.45, 7) is 3.52. The zero-order chi connectivity index (χ0) is 10.2. The Balaban J connectivity index is 3.68. The van der Waals surface area contributed by atoms with Crippen LogP contribution < -0.4 is 0 Å². The van der Waals surface area contributed by atoms with Gasteiger partial charge in [-0.1, -0.05) is 0 Å². The molecule has 0 aliphatic heterocycles. The lowest BCUT2D eigenvalue weighted by molar-refractivity contribution is -0.0107. The molecule has 0 aliphatic rings. The summed E-state index contributed by atoms with van der Waals surface area (Å²) in [4.78, 5) is 0. The third kappa shape index (κ3) is 4.70. The Kier molecular flexibility index (Phi) is 7.43. The SMILES string of the molecule is CCOCCO[Si](OC)(OC)OC. The van der Waals surface area contributed by atoms with Crippen molar-refractivity contribution in [1.82, 2.24) is 0 Å². The number of hydrogen-bond acceptors (Lipinski definition) is 5. The lowest BCUT2D eigenvalue weighted by Gasteiger charge is -2.22. The van der Waals surface area contributed by atoms with Gasteiger partial charge in [0.15, 0.2) is 0 Å². The van der Waals surface area contributed by atoms with Crippen molar-refractivity contribution in [3.63, 3.8) is 0 Å². The molecular weight excluding hydrogens is 192 g/mol. The molecule has 80 valence electrons. The Bertz CT molecular complexity index is 109. The van der Waals surface area contributed by atoms with Crippen LogP contribution in [0.15, 0.2) is 0 Å². The minimum atomic E-state index is -2.85. The largest absolute Gasteiger partial charge is 0.678 e. The van der Waals surface area contributed by atoms with Gasteiger partial charge in [-0.25, -0.2) is 0 Å². The Hall–Kier alpha value is 0.0169. The van der Waals surface area contributed by atoms with Crippen LogP contribution in [-0.2, 0) is 22.4 Å². The summed E-state index contributed by atoms with van der Waals surface area (Å²) in [6, 6.07) is 0. The van der Waals surface area contributed by atoms with E-state index in [-0.39, 0.29) is 0 Å². The summed E-state index contributed by atoms with van der Waals surface area (Å²) >= 11 is 0. The predicted molar refractivity (Wildman–Crippen MR) is 49.2 cm³/mol. The van der Waals surface area contributed by atoms with Gasteiger partial charge in [0.1, 0.15) is 0 Å². The van der Waals surface area contributed by atoms with E-state index in [1.807, 2.05) is 6.92 Å². The predicted octanol–water partition coefficient (Wildman–Crippen LogP) is 0.414. The van der Waals surface area contributed by atoms with E-state index in [0.717, 1.165) is 0 Å². The molecule has 0 aromatic rings. The highest BCUT2D eigenvalue weighted by molar-refractivity contribution is 6.53. The summed E-state index contributed by atoms with van der Waals surface area (Å²) in [7, 11) is 1.65. The third-order valence-electron chi connectivity index (χ3n) is 1.46. The maximum absolute atomic E-state index is 5.33. The van der Waals surface area contributed by atoms with Crippen LogP contribution in [0.2, 0.25) is 0 Å². The smallest absolute Gasteiger partial charge is 0.379 e. The molecule has 0 rings (SSSR count). The normalized spacial score (nSPS) is 12.0. The Morgan fingerprint density at radius 1 is 0.923 bits per heavy atom. The molecule has 0 aromatic carbocycles. The van der Waals surface area contributed by atoms with Gasteiger partial charge in [-0.15, -0.1) is 0 Å². The van der Waals surface area contributed by atoms with Crippen LogP contribution in [0.4, 0.5) is 0 Å². The zero-order valence-electron chi connectivity index (χ0n) is 8.66. The van der Waals surface area contributed by atoms with Crippen molar-refractivity contribution >= 4 is 9.05 Å². The van der Waals surface area contributed by atoms with E-state index in [9.17, 15) is 0 Å². The van der Waals surface area contributed by atoms with Crippen molar-refractivity contribution in [1.29, 1.82) is 0 Å². The standard InChI is InChI=1S/C7H18O5Si/c1-5-11-6-7-12-13(8-2,9-3)10-4/h5-7H2,1-4H3. The van der Waals surface area contributed by atoms with Crippen molar-refractivity contribution < 1.29 is 22.4 Å². The number of hydrogen-bond donors (Lipinski definition) is 0. The average Bonchev–Trinajstić information content (AvgIpc) is 2.20. The van der Waals surface area contributed by atoms with E-state index in [1.54, 1.807) is 0 Å². The summed E-state index contributed by atoms with van der Waals surface area (Å²) in [5.41, 5.74) is 0. The van der Waals surface area contributed by atoms with E-state index in [0.29, 0.717) is 19.8 Å². The summed E-state index contributed by atoms with van der Waals surface area (Å²) in [6.07, 6.45) is 0. The second kappa shape index (κ2) is 7.42. The van der Waals surface area contributed by atoms with Crippen LogP contribution in [-0.4, -0.2) is 50.2 Å². The number of ether oxygens (including phenoxy) is 1. The first-order valence-corrected chi connectivity index (χ1v) is 5.75. The fraction of sp³-hybridized carbons (Fsp3) is 1.00. The van der Waals surface area contributed by atoms with E-state index in [2.05, 4.69) is 0 Å². The van der Waals surface area contributed by atoms with Gasteiger partial charge >= 0.3 is 9.05 Å². The van der Waals surface area contributed by atoms with Crippen molar-refractivity contribution in [2.24, 2.45) is 0 Å². The molecule has 0 amide bonds. The van der Waals surface area contributed by atoms with Gasteiger partial charge in [-0.3, -0.25) is 0 Å². The molecular formula is C7H18O5Si. The van der Waals surface area contributed by atoms with Gasteiger partial charge in [0, 0.05) is 27.9 Å². The molecule has 0 fully saturated rings. The molecule has 0 N–H and O–H groups in total. The Morgan fingerprint density at radius 3 is 1.85 bits per heavy atom. The van der Waals surface area contributed by atoms with Crippen LogP contribution in [0.1, 0.15) is 6.92 Å². The maximum Gasteiger partial charge on any atom is 0.678 e. The van der Waals surface area contributed by atoms with Crippen molar-refractivity contribution in [2.75, 3.05) is 41.2 Å². The van der Waals surface area contributed by atoms with Gasteiger partial charge in [-0.05, 0) is 6.92 Å². The molecule has 13 heavy (non-hydrogen) atoms. The Labute approximate surface area is 80.4 Å². The molecule has 0 aliphatic carbocycles. The summed E-state index contributed by atoms with van der Waals surface area (Å²) in [5.74, 6) is 0. The van der Waals surface area contributed by atoms with Crippen molar-refractivity contribution in [2.45, 2.75) is 6.92 Å². The first-order chi connectivity index (χ1) is 6.24. The molecule has 0 unspecified atom stereocenters. The zero-order valence-corrected chi connectivity index (χ0v) is 9.66. The molecule has 0 aromatic heterocycles. The van der Waals surface area contributed by atoms with Crippen molar-refractivity contribution in [3.05, 3.63) is 0 Å². The lowest BCUT2D eigenvalue weighted by atomic mass is 10.8. The lowest BCUT2D eigenvalue weighted by Crippen LogP contribution is -2.47. The fourth-order valence-electron chi connectivity index (χ4n) is 0.797. The highest BCUT2D eigenvalue weighted by Crippen LogP contribution is 2.06. The van der Waals surface area contributed by atoms with Crippen LogP contribution >= 0.6 is 0 Å². The quantitative estimate of drug-likeness (QED) is 0.429. The first kappa shape index (κ1) is 13.0. The molecule has 0 bridgehead atoms. The average molecular weight is 210 g/mol. The maximum atomic E-state index is 5.33. The highest BCUT2D eigenvalue weighted by Gasteiger charge is 2.41.